The Morgan fingerprint density at radius 3 is 2.74 bits per heavy atom. The zero-order valence-electron chi connectivity index (χ0n) is 17.3. The highest BCUT2D eigenvalue weighted by Crippen LogP contribution is 2.32. The van der Waals surface area contributed by atoms with Crippen molar-refractivity contribution >= 4 is 56.5 Å². The summed E-state index contributed by atoms with van der Waals surface area (Å²) in [4.78, 5) is 29.4. The maximum atomic E-state index is 12.5. The molecule has 6 nitrogen and oxygen atoms in total. The minimum atomic E-state index is -0.116. The third-order valence-electron chi connectivity index (χ3n) is 5.32. The summed E-state index contributed by atoms with van der Waals surface area (Å²) in [7, 11) is 1.58. The maximum Gasteiger partial charge on any atom is 0.234 e. The van der Waals surface area contributed by atoms with E-state index >= 15 is 0 Å². The van der Waals surface area contributed by atoms with Crippen LogP contribution in [-0.4, -0.2) is 29.7 Å². The summed E-state index contributed by atoms with van der Waals surface area (Å²) in [6.45, 7) is 0. The highest BCUT2D eigenvalue weighted by molar-refractivity contribution is 8.01. The monoisotopic (exact) mass is 455 g/mol. The first-order valence-electron chi connectivity index (χ1n) is 10.4. The lowest BCUT2D eigenvalue weighted by molar-refractivity contribution is -0.120. The number of nitrogens with one attached hydrogen (secondary N) is 2. The van der Waals surface area contributed by atoms with Gasteiger partial charge in [0, 0.05) is 11.6 Å². The van der Waals surface area contributed by atoms with Crippen LogP contribution in [0.2, 0.25) is 0 Å². The van der Waals surface area contributed by atoms with E-state index in [0.29, 0.717) is 11.4 Å². The van der Waals surface area contributed by atoms with Gasteiger partial charge in [-0.25, -0.2) is 4.98 Å². The molecule has 1 heterocycles. The number of ether oxygens (including phenoxy) is 1. The molecule has 0 aliphatic heterocycles. The maximum absolute atomic E-state index is 12.5. The molecule has 0 spiro atoms. The van der Waals surface area contributed by atoms with E-state index in [1.54, 1.807) is 13.2 Å². The Labute approximate surface area is 189 Å². The van der Waals surface area contributed by atoms with E-state index in [0.717, 1.165) is 45.9 Å². The van der Waals surface area contributed by atoms with Gasteiger partial charge in [-0.1, -0.05) is 43.2 Å². The van der Waals surface area contributed by atoms with Gasteiger partial charge in [0.2, 0.25) is 11.8 Å². The number of amides is 2. The number of thioether (sulfide) groups is 1. The SMILES string of the molecule is COc1ccccc1NC(=O)CSc1nc2ccc(NC(=O)C3CCCCC3)cc2s1. The van der Waals surface area contributed by atoms with E-state index in [1.807, 2.05) is 36.4 Å². The van der Waals surface area contributed by atoms with E-state index < -0.39 is 0 Å². The fourth-order valence-corrected chi connectivity index (χ4v) is 5.62. The van der Waals surface area contributed by atoms with E-state index in [-0.39, 0.29) is 23.5 Å². The molecule has 4 rings (SSSR count). The number of carbonyl (C=O) groups is 2. The molecule has 8 heteroatoms. The van der Waals surface area contributed by atoms with Gasteiger partial charge in [0.15, 0.2) is 4.34 Å². The van der Waals surface area contributed by atoms with Crippen LogP contribution in [0.15, 0.2) is 46.8 Å². The lowest BCUT2D eigenvalue weighted by Gasteiger charge is -2.20. The standard InChI is InChI=1S/C23H25N3O3S2/c1-29-19-10-6-5-9-17(19)25-21(27)14-30-23-26-18-12-11-16(13-20(18)31-23)24-22(28)15-7-3-2-4-8-15/h5-6,9-13,15H,2-4,7-8,14H2,1H3,(H,24,28)(H,25,27). The summed E-state index contributed by atoms with van der Waals surface area (Å²) >= 11 is 2.92. The predicted octanol–water partition coefficient (Wildman–Crippen LogP) is 5.55. The van der Waals surface area contributed by atoms with Crippen molar-refractivity contribution in [2.45, 2.75) is 36.4 Å². The molecule has 2 aromatic carbocycles. The number of thiazole rings is 1. The molecule has 31 heavy (non-hydrogen) atoms. The second-order valence-corrected chi connectivity index (χ2v) is 9.78. The second-order valence-electron chi connectivity index (χ2n) is 7.52. The number of rotatable bonds is 7. The van der Waals surface area contributed by atoms with Gasteiger partial charge < -0.3 is 15.4 Å². The quantitative estimate of drug-likeness (QED) is 0.456. The summed E-state index contributed by atoms with van der Waals surface area (Å²) in [6, 6.07) is 13.1. The normalized spacial score (nSPS) is 14.4. The minimum absolute atomic E-state index is 0.116. The summed E-state index contributed by atoms with van der Waals surface area (Å²) in [5.74, 6) is 1.01. The summed E-state index contributed by atoms with van der Waals surface area (Å²) in [6.07, 6.45) is 5.46. The molecule has 1 fully saturated rings. The molecule has 3 aromatic rings. The number of nitrogens with zero attached hydrogens (tertiary/aromatic N) is 1. The van der Waals surface area contributed by atoms with Crippen LogP contribution < -0.4 is 15.4 Å². The number of hydrogen-bond acceptors (Lipinski definition) is 6. The van der Waals surface area contributed by atoms with Gasteiger partial charge >= 0.3 is 0 Å². The summed E-state index contributed by atoms with van der Waals surface area (Å²) < 4.78 is 7.08. The van der Waals surface area contributed by atoms with Gasteiger partial charge in [0.05, 0.1) is 28.8 Å². The van der Waals surface area contributed by atoms with Crippen LogP contribution in [0.1, 0.15) is 32.1 Å². The van der Waals surface area contributed by atoms with Crippen LogP contribution in [0.25, 0.3) is 10.2 Å². The van der Waals surface area contributed by atoms with Gasteiger partial charge in [0.1, 0.15) is 5.75 Å². The molecular weight excluding hydrogens is 430 g/mol. The minimum Gasteiger partial charge on any atom is -0.495 e. The van der Waals surface area contributed by atoms with Crippen molar-refractivity contribution in [1.82, 2.24) is 4.98 Å². The summed E-state index contributed by atoms with van der Waals surface area (Å²) in [5.41, 5.74) is 2.32. The number of anilines is 2. The molecule has 0 bridgehead atoms. The molecular formula is C23H25N3O3S2. The third kappa shape index (κ3) is 5.57. The second kappa shape index (κ2) is 10.2. The lowest BCUT2D eigenvalue weighted by atomic mass is 9.88. The zero-order valence-corrected chi connectivity index (χ0v) is 19.0. The topological polar surface area (TPSA) is 80.3 Å². The highest BCUT2D eigenvalue weighted by atomic mass is 32.2. The molecule has 2 N–H and O–H groups in total. The Morgan fingerprint density at radius 1 is 1.13 bits per heavy atom. The number of hydrogen-bond donors (Lipinski definition) is 2. The fourth-order valence-electron chi connectivity index (χ4n) is 3.71. The van der Waals surface area contributed by atoms with Crippen molar-refractivity contribution in [2.24, 2.45) is 5.92 Å². The van der Waals surface area contributed by atoms with Gasteiger partial charge in [-0.2, -0.15) is 0 Å². The Kier molecular flexibility index (Phi) is 7.09. The third-order valence-corrected chi connectivity index (χ3v) is 7.48. The van der Waals surface area contributed by atoms with Crippen LogP contribution in [0.5, 0.6) is 5.75 Å². The fraction of sp³-hybridized carbons (Fsp3) is 0.348. The first kappa shape index (κ1) is 21.6. The molecule has 162 valence electrons. The zero-order chi connectivity index (χ0) is 21.6. The van der Waals surface area contributed by atoms with Crippen molar-refractivity contribution in [3.05, 3.63) is 42.5 Å². The van der Waals surface area contributed by atoms with E-state index in [2.05, 4.69) is 15.6 Å². The molecule has 1 saturated carbocycles. The summed E-state index contributed by atoms with van der Waals surface area (Å²) in [5, 5.41) is 5.93. The Balaban J connectivity index is 1.35. The Hall–Kier alpha value is -2.58. The van der Waals surface area contributed by atoms with Crippen LogP contribution in [0.3, 0.4) is 0 Å². The smallest absolute Gasteiger partial charge is 0.234 e. The number of para-hydroxylation sites is 2. The predicted molar refractivity (Wildman–Crippen MR) is 127 cm³/mol. The molecule has 0 atom stereocenters. The molecule has 0 radical (unpaired) electrons. The van der Waals surface area contributed by atoms with Gasteiger partial charge in [-0.05, 0) is 43.2 Å². The van der Waals surface area contributed by atoms with Gasteiger partial charge in [-0.15, -0.1) is 11.3 Å². The molecule has 1 aromatic heterocycles. The average molecular weight is 456 g/mol. The number of carbonyl (C=O) groups excluding carboxylic acids is 2. The number of aromatic nitrogens is 1. The van der Waals surface area contributed by atoms with Crippen LogP contribution >= 0.6 is 23.1 Å². The van der Waals surface area contributed by atoms with Crippen molar-refractivity contribution in [1.29, 1.82) is 0 Å². The first-order chi connectivity index (χ1) is 15.1. The highest BCUT2D eigenvalue weighted by Gasteiger charge is 2.21. The molecule has 0 unspecified atom stereocenters. The van der Waals surface area contributed by atoms with Gasteiger partial charge in [-0.3, -0.25) is 9.59 Å². The first-order valence-corrected chi connectivity index (χ1v) is 12.2. The Bertz CT molecular complexity index is 1080. The van der Waals surface area contributed by atoms with Crippen molar-refractivity contribution < 1.29 is 14.3 Å². The lowest BCUT2D eigenvalue weighted by Crippen LogP contribution is -2.24. The van der Waals surface area contributed by atoms with Crippen molar-refractivity contribution in [2.75, 3.05) is 23.5 Å². The molecule has 0 saturated heterocycles. The van der Waals surface area contributed by atoms with E-state index in [4.69, 9.17) is 4.74 Å². The molecule has 1 aliphatic carbocycles. The largest absolute Gasteiger partial charge is 0.495 e. The van der Waals surface area contributed by atoms with E-state index in [1.165, 1.54) is 29.5 Å². The number of fused-ring (bicyclic) bond motifs is 1. The number of methoxy groups -OCH3 is 1. The average Bonchev–Trinajstić information content (AvgIpc) is 3.21. The molecule has 1 aliphatic rings. The van der Waals surface area contributed by atoms with Crippen LogP contribution in [0.4, 0.5) is 11.4 Å². The van der Waals surface area contributed by atoms with Crippen molar-refractivity contribution in [3.63, 3.8) is 0 Å². The van der Waals surface area contributed by atoms with E-state index in [9.17, 15) is 9.59 Å². The number of benzene rings is 2. The van der Waals surface area contributed by atoms with Crippen molar-refractivity contribution in [3.8, 4) is 5.75 Å². The van der Waals surface area contributed by atoms with Crippen LogP contribution in [0, 0.1) is 5.92 Å². The van der Waals surface area contributed by atoms with Gasteiger partial charge in [0.25, 0.3) is 0 Å². The Morgan fingerprint density at radius 2 is 1.94 bits per heavy atom. The van der Waals surface area contributed by atoms with Crippen LogP contribution in [-0.2, 0) is 9.59 Å². The molecule has 2 amide bonds.